The van der Waals surface area contributed by atoms with Gasteiger partial charge in [0.1, 0.15) is 6.04 Å². The van der Waals surface area contributed by atoms with Crippen molar-refractivity contribution in [2.75, 3.05) is 17.7 Å². The van der Waals surface area contributed by atoms with Crippen molar-refractivity contribution >= 4 is 46.8 Å². The molecule has 2 aromatic carbocycles. The molecular weight excluding hydrogens is 530 g/mol. The smallest absolute Gasteiger partial charge is 0.338 e. The number of amides is 2. The predicted molar refractivity (Wildman–Crippen MR) is 145 cm³/mol. The number of halogens is 1. The minimum absolute atomic E-state index is 0.00822. The van der Waals surface area contributed by atoms with Crippen molar-refractivity contribution in [2.24, 2.45) is 0 Å². The lowest BCUT2D eigenvalue weighted by Gasteiger charge is -2.17. The first-order chi connectivity index (χ1) is 18.2. The number of aliphatic hydroxyl groups excluding tert-OH is 1. The lowest BCUT2D eigenvalue weighted by Crippen LogP contribution is -2.33. The summed E-state index contributed by atoms with van der Waals surface area (Å²) in [6, 6.07) is 12.2. The Balaban J connectivity index is 1.68. The zero-order valence-corrected chi connectivity index (χ0v) is 22.5. The number of nitrogens with zero attached hydrogens (tertiary/aromatic N) is 3. The fraction of sp³-hybridized carbons (Fsp3) is 0.269. The van der Waals surface area contributed by atoms with Crippen LogP contribution in [-0.2, 0) is 16.1 Å². The van der Waals surface area contributed by atoms with Crippen LogP contribution in [0.2, 0.25) is 5.02 Å². The molecule has 1 heterocycles. The third kappa shape index (κ3) is 7.67. The number of carbonyl (C=O) groups is 3. The molecule has 2 amide bonds. The van der Waals surface area contributed by atoms with Gasteiger partial charge in [0.2, 0.25) is 5.91 Å². The van der Waals surface area contributed by atoms with Gasteiger partial charge in [0.05, 0.1) is 34.6 Å². The molecule has 10 nitrogen and oxygen atoms in total. The van der Waals surface area contributed by atoms with Gasteiger partial charge in [-0.15, -0.1) is 16.8 Å². The summed E-state index contributed by atoms with van der Waals surface area (Å²) >= 11 is 7.24. The number of anilines is 1. The molecule has 0 aliphatic heterocycles. The third-order valence-corrected chi connectivity index (χ3v) is 6.33. The van der Waals surface area contributed by atoms with Gasteiger partial charge in [0, 0.05) is 12.2 Å². The van der Waals surface area contributed by atoms with E-state index >= 15 is 0 Å². The van der Waals surface area contributed by atoms with Crippen LogP contribution in [0, 0.1) is 0 Å². The van der Waals surface area contributed by atoms with Crippen molar-refractivity contribution in [3.8, 4) is 0 Å². The van der Waals surface area contributed by atoms with Crippen molar-refractivity contribution in [2.45, 2.75) is 37.7 Å². The second kappa shape index (κ2) is 13.8. The van der Waals surface area contributed by atoms with Crippen molar-refractivity contribution < 1.29 is 24.2 Å². The van der Waals surface area contributed by atoms with Crippen molar-refractivity contribution in [1.29, 1.82) is 0 Å². The zero-order chi connectivity index (χ0) is 27.7. The molecule has 0 bridgehead atoms. The van der Waals surface area contributed by atoms with Gasteiger partial charge in [0.15, 0.2) is 11.0 Å². The first kappa shape index (κ1) is 28.9. The SMILES string of the molecule is C=CCn1c(SCC(=O)Nc2cccc(C(=O)OC(C)C)c2)nnc1[C@H](CO)NC(=O)c1ccccc1Cl. The Hall–Kier alpha value is -3.67. The van der Waals surface area contributed by atoms with E-state index in [2.05, 4.69) is 27.4 Å². The summed E-state index contributed by atoms with van der Waals surface area (Å²) in [5.41, 5.74) is 1.04. The molecule has 0 unspecified atom stereocenters. The van der Waals surface area contributed by atoms with E-state index in [-0.39, 0.29) is 34.9 Å². The Morgan fingerprint density at radius 1 is 1.18 bits per heavy atom. The number of aliphatic hydroxyl groups is 1. The summed E-state index contributed by atoms with van der Waals surface area (Å²) in [4.78, 5) is 37.5. The quantitative estimate of drug-likeness (QED) is 0.173. The van der Waals surface area contributed by atoms with Gasteiger partial charge in [-0.2, -0.15) is 0 Å². The number of carbonyl (C=O) groups excluding carboxylic acids is 3. The molecule has 3 aromatic rings. The van der Waals surface area contributed by atoms with Crippen LogP contribution in [0.3, 0.4) is 0 Å². The molecule has 0 aliphatic carbocycles. The molecule has 3 N–H and O–H groups in total. The topological polar surface area (TPSA) is 135 Å². The molecule has 12 heteroatoms. The molecule has 200 valence electrons. The van der Waals surface area contributed by atoms with Gasteiger partial charge >= 0.3 is 5.97 Å². The molecule has 0 saturated heterocycles. The molecule has 1 aromatic heterocycles. The van der Waals surface area contributed by atoms with Crippen LogP contribution in [-0.4, -0.2) is 56.1 Å². The summed E-state index contributed by atoms with van der Waals surface area (Å²) in [5.74, 6) is -0.991. The van der Waals surface area contributed by atoms with E-state index in [0.29, 0.717) is 22.2 Å². The first-order valence-electron chi connectivity index (χ1n) is 11.7. The number of hydrogen-bond donors (Lipinski definition) is 3. The number of hydrogen-bond acceptors (Lipinski definition) is 8. The van der Waals surface area contributed by atoms with Crippen LogP contribution >= 0.6 is 23.4 Å². The van der Waals surface area contributed by atoms with Gasteiger partial charge < -0.3 is 25.0 Å². The minimum atomic E-state index is -0.872. The van der Waals surface area contributed by atoms with Crippen LogP contribution in [0.5, 0.6) is 0 Å². The summed E-state index contributed by atoms with van der Waals surface area (Å²) in [5, 5.41) is 24.4. The Kier molecular flexibility index (Phi) is 10.5. The predicted octanol–water partition coefficient (Wildman–Crippen LogP) is 3.88. The normalized spacial score (nSPS) is 11.6. The molecule has 3 rings (SSSR count). The molecule has 0 fully saturated rings. The monoisotopic (exact) mass is 557 g/mol. The fourth-order valence-electron chi connectivity index (χ4n) is 3.37. The van der Waals surface area contributed by atoms with Crippen LogP contribution in [0.4, 0.5) is 5.69 Å². The number of nitrogens with one attached hydrogen (secondary N) is 2. The average molecular weight is 558 g/mol. The number of thioether (sulfide) groups is 1. The molecule has 38 heavy (non-hydrogen) atoms. The second-order valence-corrected chi connectivity index (χ2v) is 9.65. The van der Waals surface area contributed by atoms with Crippen molar-refractivity contribution in [1.82, 2.24) is 20.1 Å². The van der Waals surface area contributed by atoms with E-state index in [1.54, 1.807) is 73.0 Å². The standard InChI is InChI=1S/C26H28ClN5O5S/c1-4-12-32-23(21(14-33)29-24(35)19-10-5-6-11-20(19)27)30-31-26(32)38-15-22(34)28-18-9-7-8-17(13-18)25(36)37-16(2)3/h4-11,13,16,21,33H,1,12,14-15H2,2-3H3,(H,28,34)(H,29,35)/t21-/m0/s1. The number of ether oxygens (including phenoxy) is 1. The van der Waals surface area contributed by atoms with Gasteiger partial charge in [-0.05, 0) is 44.2 Å². The molecule has 0 radical (unpaired) electrons. The average Bonchev–Trinajstić information content (AvgIpc) is 3.28. The van der Waals surface area contributed by atoms with Gasteiger partial charge in [-0.25, -0.2) is 4.79 Å². The van der Waals surface area contributed by atoms with E-state index in [0.717, 1.165) is 11.8 Å². The summed E-state index contributed by atoms with van der Waals surface area (Å²) in [7, 11) is 0. The van der Waals surface area contributed by atoms with E-state index in [1.807, 2.05) is 0 Å². The zero-order valence-electron chi connectivity index (χ0n) is 20.9. The Bertz CT molecular complexity index is 1310. The van der Waals surface area contributed by atoms with Crippen LogP contribution in [0.25, 0.3) is 0 Å². The first-order valence-corrected chi connectivity index (χ1v) is 13.0. The molecule has 0 spiro atoms. The largest absolute Gasteiger partial charge is 0.459 e. The highest BCUT2D eigenvalue weighted by atomic mass is 35.5. The molecule has 0 saturated carbocycles. The van der Waals surface area contributed by atoms with E-state index in [4.69, 9.17) is 16.3 Å². The maximum atomic E-state index is 12.7. The van der Waals surface area contributed by atoms with E-state index in [9.17, 15) is 19.5 Å². The lowest BCUT2D eigenvalue weighted by molar-refractivity contribution is -0.113. The second-order valence-electron chi connectivity index (χ2n) is 8.30. The van der Waals surface area contributed by atoms with Gasteiger partial charge in [-0.3, -0.25) is 9.59 Å². The summed E-state index contributed by atoms with van der Waals surface area (Å²) < 4.78 is 6.85. The third-order valence-electron chi connectivity index (χ3n) is 5.03. The van der Waals surface area contributed by atoms with Gasteiger partial charge in [-0.1, -0.05) is 47.6 Å². The Morgan fingerprint density at radius 2 is 1.95 bits per heavy atom. The van der Waals surface area contributed by atoms with E-state index in [1.165, 1.54) is 0 Å². The Labute approximate surface area is 229 Å². The highest BCUT2D eigenvalue weighted by molar-refractivity contribution is 7.99. The molecule has 1 atom stereocenters. The van der Waals surface area contributed by atoms with Gasteiger partial charge in [0.25, 0.3) is 5.91 Å². The van der Waals surface area contributed by atoms with Crippen molar-refractivity contribution in [3.05, 3.63) is 83.2 Å². The van der Waals surface area contributed by atoms with Crippen LogP contribution in [0.1, 0.15) is 46.4 Å². The van der Waals surface area contributed by atoms with Crippen LogP contribution < -0.4 is 10.6 Å². The van der Waals surface area contributed by atoms with Crippen LogP contribution in [0.15, 0.2) is 66.3 Å². The number of rotatable bonds is 12. The summed E-state index contributed by atoms with van der Waals surface area (Å²) in [6.07, 6.45) is 1.35. The highest BCUT2D eigenvalue weighted by Gasteiger charge is 2.24. The number of benzene rings is 2. The number of esters is 1. The Morgan fingerprint density at radius 3 is 2.63 bits per heavy atom. The lowest BCUT2D eigenvalue weighted by atomic mass is 10.2. The number of allylic oxidation sites excluding steroid dienone is 1. The van der Waals surface area contributed by atoms with E-state index < -0.39 is 24.5 Å². The maximum absolute atomic E-state index is 12.7. The number of aromatic nitrogens is 3. The molecule has 0 aliphatic rings. The maximum Gasteiger partial charge on any atom is 0.338 e. The highest BCUT2D eigenvalue weighted by Crippen LogP contribution is 2.23. The fourth-order valence-corrected chi connectivity index (χ4v) is 4.35. The summed E-state index contributed by atoms with van der Waals surface area (Å²) in [6.45, 7) is 7.10. The van der Waals surface area contributed by atoms with Crippen molar-refractivity contribution in [3.63, 3.8) is 0 Å². The molecular formula is C26H28ClN5O5S. The minimum Gasteiger partial charge on any atom is -0.459 e.